The van der Waals surface area contributed by atoms with Crippen molar-refractivity contribution >= 4 is 5.96 Å². The van der Waals surface area contributed by atoms with E-state index in [9.17, 15) is 8.78 Å². The first-order valence-electron chi connectivity index (χ1n) is 7.78. The fourth-order valence-electron chi connectivity index (χ4n) is 4.04. The molecule has 0 bridgehead atoms. The lowest BCUT2D eigenvalue weighted by atomic mass is 9.89. The summed E-state index contributed by atoms with van der Waals surface area (Å²) < 4.78 is 27.1. The van der Waals surface area contributed by atoms with Gasteiger partial charge in [-0.3, -0.25) is 4.99 Å². The summed E-state index contributed by atoms with van der Waals surface area (Å²) in [5.41, 5.74) is 0.730. The molecule has 1 aromatic carbocycles. The molecule has 2 heterocycles. The highest BCUT2D eigenvalue weighted by molar-refractivity contribution is 5.84. The van der Waals surface area contributed by atoms with Gasteiger partial charge in [0.2, 0.25) is 0 Å². The zero-order valence-corrected chi connectivity index (χ0v) is 11.9. The van der Waals surface area contributed by atoms with Gasteiger partial charge in [-0.05, 0) is 37.0 Å². The number of nitrogens with zero attached hydrogens (tertiary/aromatic N) is 2. The maximum atomic E-state index is 13.6. The van der Waals surface area contributed by atoms with Crippen LogP contribution in [0.1, 0.15) is 43.7 Å². The molecule has 1 aromatic rings. The van der Waals surface area contributed by atoms with Crippen LogP contribution in [-0.2, 0) is 0 Å². The predicted octanol–water partition coefficient (Wildman–Crippen LogP) is 2.98. The number of rotatable bonds is 1. The van der Waals surface area contributed by atoms with Gasteiger partial charge in [0.25, 0.3) is 0 Å². The second-order valence-corrected chi connectivity index (χ2v) is 6.22. The van der Waals surface area contributed by atoms with E-state index >= 15 is 0 Å². The number of aliphatic imine (C=N–C) groups is 1. The molecule has 4 rings (SSSR count). The Balaban J connectivity index is 1.70. The summed E-state index contributed by atoms with van der Waals surface area (Å²) in [6.45, 7) is 0.709. The van der Waals surface area contributed by atoms with Crippen molar-refractivity contribution in [3.8, 4) is 0 Å². The van der Waals surface area contributed by atoms with Crippen LogP contribution in [-0.4, -0.2) is 29.5 Å². The molecule has 1 saturated heterocycles. The molecule has 2 aliphatic heterocycles. The molecule has 2 fully saturated rings. The van der Waals surface area contributed by atoms with Gasteiger partial charge in [0.05, 0.1) is 12.1 Å². The van der Waals surface area contributed by atoms with Crippen molar-refractivity contribution in [2.24, 2.45) is 4.99 Å². The summed E-state index contributed by atoms with van der Waals surface area (Å²) >= 11 is 0. The van der Waals surface area contributed by atoms with Crippen LogP contribution in [0.2, 0.25) is 0 Å². The Morgan fingerprint density at radius 2 is 1.81 bits per heavy atom. The normalized spacial score (nSPS) is 31.2. The fourth-order valence-corrected chi connectivity index (χ4v) is 4.04. The van der Waals surface area contributed by atoms with E-state index in [1.807, 2.05) is 0 Å². The number of benzene rings is 1. The van der Waals surface area contributed by atoms with Gasteiger partial charge in [-0.2, -0.15) is 0 Å². The van der Waals surface area contributed by atoms with Crippen molar-refractivity contribution in [3.05, 3.63) is 35.4 Å². The Bertz CT molecular complexity index is 567. The minimum atomic E-state index is -0.499. The molecule has 1 saturated carbocycles. The van der Waals surface area contributed by atoms with Gasteiger partial charge in [-0.15, -0.1) is 0 Å². The van der Waals surface area contributed by atoms with Crippen molar-refractivity contribution in [3.63, 3.8) is 0 Å². The van der Waals surface area contributed by atoms with Crippen molar-refractivity contribution < 1.29 is 8.78 Å². The van der Waals surface area contributed by atoms with Crippen LogP contribution < -0.4 is 5.32 Å². The van der Waals surface area contributed by atoms with Crippen LogP contribution in [0.15, 0.2) is 23.2 Å². The van der Waals surface area contributed by atoms with Crippen molar-refractivity contribution in [1.29, 1.82) is 0 Å². The van der Waals surface area contributed by atoms with Crippen LogP contribution in [0.5, 0.6) is 0 Å². The standard InChI is InChI=1S/C16H19F2N3/c17-11-7-10(8-12(18)9-11)14-5-6-19-16-20-13-3-1-2-4-15(13)21(14)16/h7-9,13-15H,1-6H2,(H,19,20). The van der Waals surface area contributed by atoms with Gasteiger partial charge in [0.1, 0.15) is 11.6 Å². The van der Waals surface area contributed by atoms with Crippen LogP contribution in [0, 0.1) is 11.6 Å². The number of guanidine groups is 1. The SMILES string of the molecule is Fc1cc(F)cc(C2CCN=C3NC4CCCCC4N32)c1. The van der Waals surface area contributed by atoms with E-state index < -0.39 is 11.6 Å². The molecule has 0 amide bonds. The van der Waals surface area contributed by atoms with E-state index in [1.54, 1.807) is 0 Å². The molecule has 112 valence electrons. The maximum absolute atomic E-state index is 13.6. The number of nitrogens with one attached hydrogen (secondary N) is 1. The summed E-state index contributed by atoms with van der Waals surface area (Å²) in [7, 11) is 0. The first kappa shape index (κ1) is 13.0. The zero-order valence-electron chi connectivity index (χ0n) is 11.9. The van der Waals surface area contributed by atoms with Crippen LogP contribution in [0.25, 0.3) is 0 Å². The molecule has 3 atom stereocenters. The Kier molecular flexibility index (Phi) is 3.08. The molecule has 3 unspecified atom stereocenters. The van der Waals surface area contributed by atoms with Crippen LogP contribution >= 0.6 is 0 Å². The van der Waals surface area contributed by atoms with Crippen molar-refractivity contribution in [2.45, 2.75) is 50.2 Å². The van der Waals surface area contributed by atoms with Crippen molar-refractivity contribution in [2.75, 3.05) is 6.54 Å². The lowest BCUT2D eigenvalue weighted by Crippen LogP contribution is -2.43. The predicted molar refractivity (Wildman–Crippen MR) is 77.0 cm³/mol. The Morgan fingerprint density at radius 1 is 1.05 bits per heavy atom. The average Bonchev–Trinajstić information content (AvgIpc) is 2.84. The summed E-state index contributed by atoms with van der Waals surface area (Å²) in [5.74, 6) is -0.0735. The smallest absolute Gasteiger partial charge is 0.195 e. The van der Waals surface area contributed by atoms with Gasteiger partial charge in [0, 0.05) is 18.7 Å². The van der Waals surface area contributed by atoms with Gasteiger partial charge in [-0.25, -0.2) is 8.78 Å². The molecule has 5 heteroatoms. The third-order valence-corrected chi connectivity index (χ3v) is 4.92. The van der Waals surface area contributed by atoms with Gasteiger partial charge in [-0.1, -0.05) is 12.8 Å². The fraction of sp³-hybridized carbons (Fsp3) is 0.562. The highest BCUT2D eigenvalue weighted by atomic mass is 19.1. The quantitative estimate of drug-likeness (QED) is 0.861. The minimum absolute atomic E-state index is 0.0308. The second-order valence-electron chi connectivity index (χ2n) is 6.22. The first-order chi connectivity index (χ1) is 10.2. The zero-order chi connectivity index (χ0) is 14.4. The Hall–Kier alpha value is -1.65. The van der Waals surface area contributed by atoms with E-state index in [-0.39, 0.29) is 6.04 Å². The third kappa shape index (κ3) is 2.19. The van der Waals surface area contributed by atoms with E-state index in [4.69, 9.17) is 0 Å². The van der Waals surface area contributed by atoms with Gasteiger partial charge >= 0.3 is 0 Å². The topological polar surface area (TPSA) is 27.6 Å². The monoisotopic (exact) mass is 291 g/mol. The molecule has 0 aromatic heterocycles. The van der Waals surface area contributed by atoms with Gasteiger partial charge in [0.15, 0.2) is 5.96 Å². The molecule has 21 heavy (non-hydrogen) atoms. The lowest BCUT2D eigenvalue weighted by molar-refractivity contribution is 0.188. The molecule has 3 nitrogen and oxygen atoms in total. The lowest BCUT2D eigenvalue weighted by Gasteiger charge is -2.38. The summed E-state index contributed by atoms with van der Waals surface area (Å²) in [5, 5.41) is 3.51. The number of hydrogen-bond donors (Lipinski definition) is 1. The summed E-state index contributed by atoms with van der Waals surface area (Å²) in [6.07, 6.45) is 5.57. The highest BCUT2D eigenvalue weighted by Gasteiger charge is 2.44. The van der Waals surface area contributed by atoms with Gasteiger partial charge < -0.3 is 10.2 Å². The minimum Gasteiger partial charge on any atom is -0.351 e. The first-order valence-corrected chi connectivity index (χ1v) is 7.78. The summed E-state index contributed by atoms with van der Waals surface area (Å²) in [6, 6.07) is 4.75. The molecule has 3 aliphatic rings. The van der Waals surface area contributed by atoms with E-state index in [1.165, 1.54) is 25.0 Å². The van der Waals surface area contributed by atoms with Crippen molar-refractivity contribution in [1.82, 2.24) is 10.2 Å². The Labute approximate surface area is 123 Å². The maximum Gasteiger partial charge on any atom is 0.195 e. The third-order valence-electron chi connectivity index (χ3n) is 4.92. The summed E-state index contributed by atoms with van der Waals surface area (Å²) in [4.78, 5) is 6.86. The average molecular weight is 291 g/mol. The molecule has 0 radical (unpaired) electrons. The van der Waals surface area contributed by atoms with Crippen LogP contribution in [0.4, 0.5) is 8.78 Å². The second kappa shape index (κ2) is 4.97. The molecule has 1 N–H and O–H groups in total. The van der Waals surface area contributed by atoms with Crippen LogP contribution in [0.3, 0.4) is 0 Å². The Morgan fingerprint density at radius 3 is 2.62 bits per heavy atom. The number of hydrogen-bond acceptors (Lipinski definition) is 3. The molecular formula is C16H19F2N3. The number of halogens is 2. The van der Waals surface area contributed by atoms with E-state index in [0.717, 1.165) is 36.9 Å². The molecule has 0 spiro atoms. The molecule has 1 aliphatic carbocycles. The largest absolute Gasteiger partial charge is 0.351 e. The molecular weight excluding hydrogens is 272 g/mol. The van der Waals surface area contributed by atoms with E-state index in [0.29, 0.717) is 18.6 Å². The highest BCUT2D eigenvalue weighted by Crippen LogP contribution is 2.38. The number of fused-ring (bicyclic) bond motifs is 3. The van der Waals surface area contributed by atoms with E-state index in [2.05, 4.69) is 15.2 Å².